The molecule has 1 fully saturated rings. The molecule has 5 heteroatoms. The van der Waals surface area contributed by atoms with Gasteiger partial charge in [-0.2, -0.15) is 0 Å². The topological polar surface area (TPSA) is 38.8 Å². The third-order valence-corrected chi connectivity index (χ3v) is 3.96. The molecule has 0 amide bonds. The predicted octanol–water partition coefficient (Wildman–Crippen LogP) is 2.14. The molecule has 18 heavy (non-hydrogen) atoms. The van der Waals surface area contributed by atoms with Crippen LogP contribution in [-0.2, 0) is 9.53 Å². The Bertz CT molecular complexity index is 407. The van der Waals surface area contributed by atoms with E-state index in [2.05, 4.69) is 4.90 Å². The van der Waals surface area contributed by atoms with Crippen LogP contribution in [0.5, 0.6) is 5.75 Å². The zero-order valence-corrected chi connectivity index (χ0v) is 11.4. The van der Waals surface area contributed by atoms with Crippen molar-refractivity contribution < 1.29 is 14.3 Å². The molecule has 0 saturated carbocycles. The molecule has 0 radical (unpaired) electrons. The number of thioether (sulfide) groups is 1. The Morgan fingerprint density at radius 3 is 2.78 bits per heavy atom. The Morgan fingerprint density at radius 2 is 2.17 bits per heavy atom. The monoisotopic (exact) mass is 267 g/mol. The minimum atomic E-state index is -0.224. The van der Waals surface area contributed by atoms with E-state index >= 15 is 0 Å². The van der Waals surface area contributed by atoms with E-state index < -0.39 is 0 Å². The lowest BCUT2D eigenvalue weighted by Crippen LogP contribution is -2.35. The molecule has 1 aliphatic heterocycles. The van der Waals surface area contributed by atoms with Gasteiger partial charge in [0.05, 0.1) is 13.7 Å². The first-order chi connectivity index (χ1) is 8.76. The van der Waals surface area contributed by atoms with Crippen LogP contribution in [-0.4, -0.2) is 37.4 Å². The first-order valence-electron chi connectivity index (χ1n) is 5.95. The summed E-state index contributed by atoms with van der Waals surface area (Å²) in [6.07, 6.45) is 0. The van der Waals surface area contributed by atoms with Crippen molar-refractivity contribution in [3.63, 3.8) is 0 Å². The van der Waals surface area contributed by atoms with Gasteiger partial charge in [-0.05, 0) is 31.2 Å². The first-order valence-corrected chi connectivity index (χ1v) is 7.00. The van der Waals surface area contributed by atoms with Crippen molar-refractivity contribution in [2.45, 2.75) is 12.3 Å². The van der Waals surface area contributed by atoms with E-state index in [1.807, 2.05) is 31.2 Å². The fraction of sp³-hybridized carbons (Fsp3) is 0.462. The molecule has 0 bridgehead atoms. The van der Waals surface area contributed by atoms with Crippen molar-refractivity contribution in [1.82, 2.24) is 0 Å². The zero-order chi connectivity index (χ0) is 13.0. The highest BCUT2D eigenvalue weighted by Gasteiger charge is 2.32. The van der Waals surface area contributed by atoms with Gasteiger partial charge < -0.3 is 14.4 Å². The van der Waals surface area contributed by atoms with Crippen molar-refractivity contribution in [2.24, 2.45) is 0 Å². The quantitative estimate of drug-likeness (QED) is 0.781. The first kappa shape index (κ1) is 13.1. The minimum Gasteiger partial charge on any atom is -0.497 e. The lowest BCUT2D eigenvalue weighted by atomic mass is 10.2. The van der Waals surface area contributed by atoms with E-state index in [0.717, 1.165) is 23.7 Å². The average Bonchev–Trinajstić information content (AvgIpc) is 2.88. The summed E-state index contributed by atoms with van der Waals surface area (Å²) in [7, 11) is 1.64. The third kappa shape index (κ3) is 2.72. The Kier molecular flexibility index (Phi) is 4.36. The Labute approximate surface area is 111 Å². The summed E-state index contributed by atoms with van der Waals surface area (Å²) in [6.45, 7) is 3.11. The summed E-state index contributed by atoms with van der Waals surface area (Å²) in [6, 6.07) is 7.74. The van der Waals surface area contributed by atoms with E-state index in [0.29, 0.717) is 6.61 Å². The molecule has 4 nitrogen and oxygen atoms in total. The average molecular weight is 267 g/mol. The number of benzene rings is 1. The maximum absolute atomic E-state index is 11.8. The van der Waals surface area contributed by atoms with Gasteiger partial charge in [-0.1, -0.05) is 0 Å². The summed E-state index contributed by atoms with van der Waals surface area (Å²) in [5, 5.41) is -0.224. The third-order valence-electron chi connectivity index (χ3n) is 2.78. The highest BCUT2D eigenvalue weighted by Crippen LogP contribution is 2.31. The maximum Gasteiger partial charge on any atom is 0.339 e. The van der Waals surface area contributed by atoms with Crippen molar-refractivity contribution in [3.8, 4) is 5.75 Å². The summed E-state index contributed by atoms with van der Waals surface area (Å²) in [5.41, 5.74) is 1.03. The van der Waals surface area contributed by atoms with Crippen LogP contribution in [0.2, 0.25) is 0 Å². The number of ether oxygens (including phenoxy) is 2. The van der Waals surface area contributed by atoms with Gasteiger partial charge in [0, 0.05) is 18.0 Å². The van der Waals surface area contributed by atoms with Gasteiger partial charge >= 0.3 is 5.97 Å². The van der Waals surface area contributed by atoms with E-state index in [-0.39, 0.29) is 11.3 Å². The van der Waals surface area contributed by atoms with Gasteiger partial charge in [0.2, 0.25) is 0 Å². The van der Waals surface area contributed by atoms with Gasteiger partial charge in [-0.25, -0.2) is 4.79 Å². The number of hydrogen-bond donors (Lipinski definition) is 0. The van der Waals surface area contributed by atoms with Crippen LogP contribution in [0.3, 0.4) is 0 Å². The molecule has 1 aromatic rings. The lowest BCUT2D eigenvalue weighted by Gasteiger charge is -2.24. The van der Waals surface area contributed by atoms with Gasteiger partial charge in [0.1, 0.15) is 5.75 Å². The van der Waals surface area contributed by atoms with Crippen LogP contribution in [0.1, 0.15) is 6.92 Å². The molecule has 98 valence electrons. The van der Waals surface area contributed by atoms with E-state index in [1.165, 1.54) is 0 Å². The molecular weight excluding hydrogens is 250 g/mol. The fourth-order valence-corrected chi connectivity index (χ4v) is 3.05. The Hall–Kier alpha value is -1.36. The lowest BCUT2D eigenvalue weighted by molar-refractivity contribution is -0.142. The highest BCUT2D eigenvalue weighted by molar-refractivity contribution is 8.01. The second kappa shape index (κ2) is 6.00. The predicted molar refractivity (Wildman–Crippen MR) is 73.2 cm³/mol. The smallest absolute Gasteiger partial charge is 0.339 e. The normalized spacial score (nSPS) is 18.8. The molecule has 0 unspecified atom stereocenters. The van der Waals surface area contributed by atoms with Crippen molar-refractivity contribution in [3.05, 3.63) is 24.3 Å². The van der Waals surface area contributed by atoms with Crippen LogP contribution in [0.25, 0.3) is 0 Å². The number of anilines is 1. The molecule has 0 spiro atoms. The molecule has 0 N–H and O–H groups in total. The molecule has 2 rings (SSSR count). The number of carbonyl (C=O) groups excluding carboxylic acids is 1. The molecule has 1 saturated heterocycles. The molecule has 1 aliphatic rings. The molecular formula is C13H17NO3S. The fourth-order valence-electron chi connectivity index (χ4n) is 1.92. The number of rotatable bonds is 4. The SMILES string of the molecule is CCOC(=O)[C@@H]1SCCN1c1ccc(OC)cc1. The standard InChI is InChI=1S/C13H17NO3S/c1-3-17-13(15)12-14(8-9-18-12)10-4-6-11(16-2)7-5-10/h4-7,12H,3,8-9H2,1-2H3/t12-/m0/s1. The van der Waals surface area contributed by atoms with Crippen LogP contribution in [0, 0.1) is 0 Å². The van der Waals surface area contributed by atoms with E-state index in [9.17, 15) is 4.79 Å². The molecule has 0 aromatic heterocycles. The summed E-state index contributed by atoms with van der Waals surface area (Å²) >= 11 is 1.62. The molecule has 1 atom stereocenters. The van der Waals surface area contributed by atoms with Gasteiger partial charge in [-0.3, -0.25) is 0 Å². The van der Waals surface area contributed by atoms with E-state index in [1.54, 1.807) is 18.9 Å². The number of hydrogen-bond acceptors (Lipinski definition) is 5. The van der Waals surface area contributed by atoms with Crippen LogP contribution >= 0.6 is 11.8 Å². The van der Waals surface area contributed by atoms with Crippen LogP contribution in [0.15, 0.2) is 24.3 Å². The number of nitrogens with zero attached hydrogens (tertiary/aromatic N) is 1. The Morgan fingerprint density at radius 1 is 1.44 bits per heavy atom. The van der Waals surface area contributed by atoms with Gasteiger partial charge in [-0.15, -0.1) is 11.8 Å². The van der Waals surface area contributed by atoms with Crippen LogP contribution < -0.4 is 9.64 Å². The van der Waals surface area contributed by atoms with Crippen molar-refractivity contribution in [1.29, 1.82) is 0 Å². The molecule has 0 aliphatic carbocycles. The highest BCUT2D eigenvalue weighted by atomic mass is 32.2. The molecule has 1 heterocycles. The largest absolute Gasteiger partial charge is 0.497 e. The van der Waals surface area contributed by atoms with Crippen molar-refractivity contribution in [2.75, 3.05) is 30.9 Å². The van der Waals surface area contributed by atoms with Gasteiger partial charge in [0.25, 0.3) is 0 Å². The second-order valence-electron chi connectivity index (χ2n) is 3.87. The van der Waals surface area contributed by atoms with Crippen LogP contribution in [0.4, 0.5) is 5.69 Å². The summed E-state index contributed by atoms with van der Waals surface area (Å²) < 4.78 is 10.2. The Balaban J connectivity index is 2.12. The number of esters is 1. The summed E-state index contributed by atoms with van der Waals surface area (Å²) in [4.78, 5) is 13.9. The summed E-state index contributed by atoms with van der Waals surface area (Å²) in [5.74, 6) is 1.60. The molecule has 1 aromatic carbocycles. The minimum absolute atomic E-state index is 0.157. The maximum atomic E-state index is 11.8. The second-order valence-corrected chi connectivity index (χ2v) is 5.05. The van der Waals surface area contributed by atoms with Gasteiger partial charge in [0.15, 0.2) is 5.37 Å². The number of carbonyl (C=O) groups is 1. The van der Waals surface area contributed by atoms with Crippen molar-refractivity contribution >= 4 is 23.4 Å². The number of methoxy groups -OCH3 is 1. The zero-order valence-electron chi connectivity index (χ0n) is 10.6. The van der Waals surface area contributed by atoms with E-state index in [4.69, 9.17) is 9.47 Å².